The van der Waals surface area contributed by atoms with E-state index in [1.54, 1.807) is 18.2 Å². The fourth-order valence-electron chi connectivity index (χ4n) is 1.69. The maximum atomic E-state index is 13.2. The van der Waals surface area contributed by atoms with Crippen LogP contribution in [-0.4, -0.2) is 13.3 Å². The fraction of sp³-hybridized carbons (Fsp3) is 0.0714. The van der Waals surface area contributed by atoms with Crippen LogP contribution < -0.4 is 4.90 Å². The molecule has 0 unspecified atom stereocenters. The Morgan fingerprint density at radius 2 is 2.00 bits per heavy atom. The molecule has 0 saturated carbocycles. The van der Waals surface area contributed by atoms with Gasteiger partial charge in [0.1, 0.15) is 12.1 Å². The molecule has 0 aliphatic carbocycles. The van der Waals surface area contributed by atoms with Gasteiger partial charge >= 0.3 is 0 Å². The monoisotopic (exact) mass is 307 g/mol. The molecule has 0 radical (unpaired) electrons. The van der Waals surface area contributed by atoms with Crippen LogP contribution in [0.5, 0.6) is 0 Å². The van der Waals surface area contributed by atoms with Crippen LogP contribution in [0.15, 0.2) is 46.9 Å². The highest BCUT2D eigenvalue weighted by molar-refractivity contribution is 9.10. The van der Waals surface area contributed by atoms with Gasteiger partial charge in [0.2, 0.25) is 0 Å². The van der Waals surface area contributed by atoms with Gasteiger partial charge in [-0.15, -0.1) is 0 Å². The van der Waals surface area contributed by atoms with Crippen molar-refractivity contribution in [2.75, 3.05) is 11.9 Å². The smallest absolute Gasteiger partial charge is 0.150 e. The summed E-state index contributed by atoms with van der Waals surface area (Å²) >= 11 is 3.41. The zero-order chi connectivity index (χ0) is 13.1. The van der Waals surface area contributed by atoms with E-state index in [0.29, 0.717) is 5.56 Å². The Kier molecular flexibility index (Phi) is 3.77. The van der Waals surface area contributed by atoms with E-state index in [-0.39, 0.29) is 5.82 Å². The SMILES string of the molecule is CN(c1cccc(F)c1)c1ccc(C=O)cc1Br. The maximum absolute atomic E-state index is 13.2. The Hall–Kier alpha value is -1.68. The van der Waals surface area contributed by atoms with Crippen molar-refractivity contribution in [1.29, 1.82) is 0 Å². The quantitative estimate of drug-likeness (QED) is 0.793. The van der Waals surface area contributed by atoms with Crippen molar-refractivity contribution >= 4 is 33.6 Å². The van der Waals surface area contributed by atoms with Gasteiger partial charge in [0, 0.05) is 22.8 Å². The number of hydrogen-bond acceptors (Lipinski definition) is 2. The second-order valence-electron chi connectivity index (χ2n) is 3.87. The topological polar surface area (TPSA) is 20.3 Å². The van der Waals surface area contributed by atoms with Gasteiger partial charge < -0.3 is 4.90 Å². The molecule has 4 heteroatoms. The number of benzene rings is 2. The van der Waals surface area contributed by atoms with E-state index < -0.39 is 0 Å². The number of carbonyl (C=O) groups is 1. The molecule has 2 aromatic rings. The number of halogens is 2. The molecule has 92 valence electrons. The van der Waals surface area contributed by atoms with E-state index in [1.165, 1.54) is 12.1 Å². The summed E-state index contributed by atoms with van der Waals surface area (Å²) < 4.78 is 14.0. The van der Waals surface area contributed by atoms with Gasteiger partial charge in [-0.05, 0) is 52.3 Å². The fourth-order valence-corrected chi connectivity index (χ4v) is 2.35. The lowest BCUT2D eigenvalue weighted by molar-refractivity contribution is 0.112. The highest BCUT2D eigenvalue weighted by Crippen LogP contribution is 2.31. The van der Waals surface area contributed by atoms with Crippen molar-refractivity contribution in [1.82, 2.24) is 0 Å². The Morgan fingerprint density at radius 1 is 1.22 bits per heavy atom. The van der Waals surface area contributed by atoms with Gasteiger partial charge in [-0.1, -0.05) is 6.07 Å². The van der Waals surface area contributed by atoms with Gasteiger partial charge in [-0.3, -0.25) is 4.79 Å². The predicted octanol–water partition coefficient (Wildman–Crippen LogP) is 4.17. The molecule has 0 saturated heterocycles. The van der Waals surface area contributed by atoms with E-state index in [9.17, 15) is 9.18 Å². The normalized spacial score (nSPS) is 10.2. The van der Waals surface area contributed by atoms with Crippen molar-refractivity contribution in [2.24, 2.45) is 0 Å². The molecule has 0 amide bonds. The molecular weight excluding hydrogens is 297 g/mol. The van der Waals surface area contributed by atoms with Crippen LogP contribution in [0.4, 0.5) is 15.8 Å². The van der Waals surface area contributed by atoms with E-state index in [0.717, 1.165) is 22.1 Å². The molecule has 0 aliphatic rings. The third-order valence-corrected chi connectivity index (χ3v) is 3.30. The summed E-state index contributed by atoms with van der Waals surface area (Å²) in [6, 6.07) is 11.6. The Morgan fingerprint density at radius 3 is 2.61 bits per heavy atom. The van der Waals surface area contributed by atoms with Crippen LogP contribution in [0.1, 0.15) is 10.4 Å². The van der Waals surface area contributed by atoms with Crippen LogP contribution in [0, 0.1) is 5.82 Å². The minimum Gasteiger partial charge on any atom is -0.344 e. The first-order valence-corrected chi connectivity index (χ1v) is 6.15. The summed E-state index contributed by atoms with van der Waals surface area (Å²) in [6.45, 7) is 0. The maximum Gasteiger partial charge on any atom is 0.150 e. The van der Waals surface area contributed by atoms with Crippen LogP contribution in [0.3, 0.4) is 0 Å². The Balaban J connectivity index is 2.39. The molecule has 0 aromatic heterocycles. The summed E-state index contributed by atoms with van der Waals surface area (Å²) in [5.74, 6) is -0.278. The third-order valence-electron chi connectivity index (χ3n) is 2.66. The first-order chi connectivity index (χ1) is 8.61. The van der Waals surface area contributed by atoms with Gasteiger partial charge in [0.25, 0.3) is 0 Å². The standard InChI is InChI=1S/C14H11BrFNO/c1-17(12-4-2-3-11(16)8-12)14-6-5-10(9-18)7-13(14)15/h2-9H,1H3. The van der Waals surface area contributed by atoms with Gasteiger partial charge in [-0.2, -0.15) is 0 Å². The zero-order valence-corrected chi connectivity index (χ0v) is 11.3. The molecule has 0 heterocycles. The van der Waals surface area contributed by atoms with Crippen molar-refractivity contribution in [2.45, 2.75) is 0 Å². The molecule has 18 heavy (non-hydrogen) atoms. The van der Waals surface area contributed by atoms with Crippen molar-refractivity contribution < 1.29 is 9.18 Å². The van der Waals surface area contributed by atoms with Crippen LogP contribution >= 0.6 is 15.9 Å². The number of rotatable bonds is 3. The van der Waals surface area contributed by atoms with E-state index in [1.807, 2.05) is 24.1 Å². The molecule has 2 aromatic carbocycles. The molecule has 0 spiro atoms. The van der Waals surface area contributed by atoms with Crippen molar-refractivity contribution in [3.8, 4) is 0 Å². The Bertz CT molecular complexity index is 586. The van der Waals surface area contributed by atoms with Crippen LogP contribution in [-0.2, 0) is 0 Å². The Labute approximate surface area is 113 Å². The van der Waals surface area contributed by atoms with Crippen LogP contribution in [0.2, 0.25) is 0 Å². The van der Waals surface area contributed by atoms with Crippen molar-refractivity contribution in [3.05, 3.63) is 58.3 Å². The predicted molar refractivity (Wildman–Crippen MR) is 74.0 cm³/mol. The largest absolute Gasteiger partial charge is 0.344 e. The molecule has 0 atom stereocenters. The van der Waals surface area contributed by atoms with Gasteiger partial charge in [-0.25, -0.2) is 4.39 Å². The van der Waals surface area contributed by atoms with E-state index in [2.05, 4.69) is 15.9 Å². The summed E-state index contributed by atoms with van der Waals surface area (Å²) in [5, 5.41) is 0. The first-order valence-electron chi connectivity index (χ1n) is 5.36. The average molecular weight is 308 g/mol. The molecule has 0 bridgehead atoms. The first kappa shape index (κ1) is 12.8. The minimum atomic E-state index is -0.278. The summed E-state index contributed by atoms with van der Waals surface area (Å²) in [4.78, 5) is 12.5. The lowest BCUT2D eigenvalue weighted by atomic mass is 10.2. The second-order valence-corrected chi connectivity index (χ2v) is 4.72. The number of nitrogens with zero attached hydrogens (tertiary/aromatic N) is 1. The van der Waals surface area contributed by atoms with E-state index >= 15 is 0 Å². The highest BCUT2D eigenvalue weighted by Gasteiger charge is 2.09. The molecule has 2 rings (SSSR count). The second kappa shape index (κ2) is 5.31. The van der Waals surface area contributed by atoms with Gasteiger partial charge in [0.15, 0.2) is 0 Å². The molecule has 0 aliphatic heterocycles. The lowest BCUT2D eigenvalue weighted by Gasteiger charge is -2.21. The average Bonchev–Trinajstić information content (AvgIpc) is 2.37. The number of aldehydes is 1. The van der Waals surface area contributed by atoms with Gasteiger partial charge in [0.05, 0.1) is 5.69 Å². The number of anilines is 2. The summed E-state index contributed by atoms with van der Waals surface area (Å²) in [5.41, 5.74) is 2.21. The zero-order valence-electron chi connectivity index (χ0n) is 9.73. The summed E-state index contributed by atoms with van der Waals surface area (Å²) in [7, 11) is 1.84. The van der Waals surface area contributed by atoms with Crippen molar-refractivity contribution in [3.63, 3.8) is 0 Å². The highest BCUT2D eigenvalue weighted by atomic mass is 79.9. The van der Waals surface area contributed by atoms with Crippen LogP contribution in [0.25, 0.3) is 0 Å². The number of carbonyl (C=O) groups excluding carboxylic acids is 1. The molecule has 0 fully saturated rings. The molecular formula is C14H11BrFNO. The lowest BCUT2D eigenvalue weighted by Crippen LogP contribution is -2.10. The minimum absolute atomic E-state index is 0.278. The summed E-state index contributed by atoms with van der Waals surface area (Å²) in [6.07, 6.45) is 0.788. The third kappa shape index (κ3) is 2.59. The molecule has 2 nitrogen and oxygen atoms in total. The number of hydrogen-bond donors (Lipinski definition) is 0. The van der Waals surface area contributed by atoms with E-state index in [4.69, 9.17) is 0 Å². The molecule has 0 N–H and O–H groups in total.